The molecule has 1 rings (SSSR count). The number of rotatable bonds is 5. The highest BCUT2D eigenvalue weighted by molar-refractivity contribution is 5.32. The van der Waals surface area contributed by atoms with Crippen LogP contribution in [0.5, 0.6) is 0 Å². The fraction of sp³-hybridized carbons (Fsp3) is 0.500. The van der Waals surface area contributed by atoms with Crippen molar-refractivity contribution in [3.63, 3.8) is 0 Å². The zero-order chi connectivity index (χ0) is 12.0. The number of anilines is 1. The van der Waals surface area contributed by atoms with Gasteiger partial charge in [0.05, 0.1) is 12.7 Å². The summed E-state index contributed by atoms with van der Waals surface area (Å²) in [5.41, 5.74) is 0.304. The molecule has 1 N–H and O–H groups in total. The molecule has 1 heterocycles. The summed E-state index contributed by atoms with van der Waals surface area (Å²) < 4.78 is 4.82. The van der Waals surface area contributed by atoms with Crippen LogP contribution >= 0.6 is 0 Å². The largest absolute Gasteiger partial charge is 0.389 e. The highest BCUT2D eigenvalue weighted by atomic mass is 16.5. The lowest BCUT2D eigenvalue weighted by Crippen LogP contribution is -2.33. The predicted molar refractivity (Wildman–Crippen MR) is 57.9 cm³/mol. The van der Waals surface area contributed by atoms with Crippen molar-refractivity contribution in [2.24, 2.45) is 0 Å². The van der Waals surface area contributed by atoms with Gasteiger partial charge in [-0.3, -0.25) is 0 Å². The molecule has 6 heteroatoms. The van der Waals surface area contributed by atoms with Gasteiger partial charge in [0.2, 0.25) is 5.95 Å². The molecule has 0 amide bonds. The number of hydrogen-bond donors (Lipinski definition) is 1. The van der Waals surface area contributed by atoms with E-state index in [1.165, 1.54) is 19.4 Å². The quantitative estimate of drug-likeness (QED) is 0.742. The molecule has 86 valence electrons. The monoisotopic (exact) mass is 222 g/mol. The van der Waals surface area contributed by atoms with Crippen molar-refractivity contribution in [3.05, 3.63) is 18.0 Å². The lowest BCUT2D eigenvalue weighted by molar-refractivity contribution is 0.0693. The first-order valence-corrected chi connectivity index (χ1v) is 4.78. The fourth-order valence-corrected chi connectivity index (χ4v) is 1.24. The number of aliphatic hydroxyl groups excluding tert-OH is 1. The zero-order valence-electron chi connectivity index (χ0n) is 9.29. The third-order valence-corrected chi connectivity index (χ3v) is 1.94. The number of aliphatic hydroxyl groups is 1. The van der Waals surface area contributed by atoms with Gasteiger partial charge in [0, 0.05) is 26.9 Å². The number of ether oxygens (including phenoxy) is 1. The van der Waals surface area contributed by atoms with Crippen LogP contribution in [0.3, 0.4) is 0 Å². The Hall–Kier alpha value is -1.71. The lowest BCUT2D eigenvalue weighted by Gasteiger charge is -2.20. The van der Waals surface area contributed by atoms with E-state index in [0.717, 1.165) is 0 Å². The smallest absolute Gasteiger partial charge is 0.226 e. The second-order valence-corrected chi connectivity index (χ2v) is 3.34. The van der Waals surface area contributed by atoms with Crippen molar-refractivity contribution in [3.8, 4) is 6.07 Å². The van der Waals surface area contributed by atoms with E-state index >= 15 is 0 Å². The van der Waals surface area contributed by atoms with E-state index in [0.29, 0.717) is 18.2 Å². The molecule has 1 aromatic heterocycles. The molecule has 0 radical (unpaired) electrons. The first-order valence-electron chi connectivity index (χ1n) is 4.78. The number of hydrogen-bond acceptors (Lipinski definition) is 6. The minimum Gasteiger partial charge on any atom is -0.389 e. The molecule has 0 spiro atoms. The number of nitrogens with zero attached hydrogens (tertiary/aromatic N) is 4. The molecule has 1 atom stereocenters. The maximum atomic E-state index is 9.52. The van der Waals surface area contributed by atoms with E-state index in [2.05, 4.69) is 9.97 Å². The van der Waals surface area contributed by atoms with Gasteiger partial charge in [-0.15, -0.1) is 0 Å². The molecule has 0 saturated carbocycles. The second-order valence-electron chi connectivity index (χ2n) is 3.34. The first kappa shape index (κ1) is 12.4. The van der Waals surface area contributed by atoms with Crippen molar-refractivity contribution < 1.29 is 9.84 Å². The number of methoxy groups -OCH3 is 1. The molecular formula is C10H14N4O2. The van der Waals surface area contributed by atoms with E-state index in [9.17, 15) is 5.11 Å². The summed E-state index contributed by atoms with van der Waals surface area (Å²) in [6.07, 6.45) is 0.907. The predicted octanol–water partition coefficient (Wildman–Crippen LogP) is -0.208. The van der Waals surface area contributed by atoms with Crippen molar-refractivity contribution in [1.29, 1.82) is 5.26 Å². The Bertz CT molecular complexity index is 377. The number of nitriles is 1. The topological polar surface area (TPSA) is 82.3 Å². The van der Waals surface area contributed by atoms with Crippen LogP contribution < -0.4 is 4.90 Å². The van der Waals surface area contributed by atoms with E-state index in [1.807, 2.05) is 6.07 Å². The van der Waals surface area contributed by atoms with Crippen LogP contribution in [0.2, 0.25) is 0 Å². The Morgan fingerprint density at radius 2 is 2.44 bits per heavy atom. The normalized spacial score (nSPS) is 11.9. The first-order chi connectivity index (χ1) is 7.67. The van der Waals surface area contributed by atoms with E-state index in [1.54, 1.807) is 11.9 Å². The standard InChI is InChI=1S/C10H14N4O2/c1-14(6-9(15)7-16-2)10-12-4-3-8(5-11)13-10/h3-4,9,15H,6-7H2,1-2H3. The molecule has 0 saturated heterocycles. The summed E-state index contributed by atoms with van der Waals surface area (Å²) in [5, 5.41) is 18.2. The van der Waals surface area contributed by atoms with Crippen LogP contribution in [-0.2, 0) is 4.74 Å². The maximum Gasteiger partial charge on any atom is 0.226 e. The average molecular weight is 222 g/mol. The van der Waals surface area contributed by atoms with Gasteiger partial charge in [-0.1, -0.05) is 0 Å². The Balaban J connectivity index is 2.65. The minimum atomic E-state index is -0.607. The zero-order valence-corrected chi connectivity index (χ0v) is 9.29. The van der Waals surface area contributed by atoms with Crippen LogP contribution in [0.4, 0.5) is 5.95 Å². The highest BCUT2D eigenvalue weighted by Crippen LogP contribution is 2.05. The fourth-order valence-electron chi connectivity index (χ4n) is 1.24. The van der Waals surface area contributed by atoms with Crippen LogP contribution in [0, 0.1) is 11.3 Å². The van der Waals surface area contributed by atoms with Crippen LogP contribution in [0.1, 0.15) is 5.69 Å². The van der Waals surface area contributed by atoms with Crippen LogP contribution in [0.25, 0.3) is 0 Å². The summed E-state index contributed by atoms with van der Waals surface area (Å²) in [7, 11) is 3.27. The average Bonchev–Trinajstić information content (AvgIpc) is 2.29. The molecule has 0 aliphatic rings. The Morgan fingerprint density at radius 3 is 3.06 bits per heavy atom. The summed E-state index contributed by atoms with van der Waals surface area (Å²) in [6.45, 7) is 0.602. The molecular weight excluding hydrogens is 208 g/mol. The number of aromatic nitrogens is 2. The van der Waals surface area contributed by atoms with Crippen molar-refractivity contribution in [2.45, 2.75) is 6.10 Å². The molecule has 0 aliphatic heterocycles. The lowest BCUT2D eigenvalue weighted by atomic mass is 10.3. The Kier molecular flexibility index (Phi) is 4.64. The van der Waals surface area contributed by atoms with Crippen molar-refractivity contribution in [1.82, 2.24) is 9.97 Å². The summed E-state index contributed by atoms with van der Waals surface area (Å²) >= 11 is 0. The molecule has 0 aromatic carbocycles. The summed E-state index contributed by atoms with van der Waals surface area (Å²) in [4.78, 5) is 9.69. The van der Waals surface area contributed by atoms with E-state index in [4.69, 9.17) is 10.00 Å². The second kappa shape index (κ2) is 6.00. The van der Waals surface area contributed by atoms with Gasteiger partial charge < -0.3 is 14.7 Å². The molecule has 6 nitrogen and oxygen atoms in total. The molecule has 1 aromatic rings. The van der Waals surface area contributed by atoms with Crippen LogP contribution in [-0.4, -0.2) is 48.5 Å². The highest BCUT2D eigenvalue weighted by Gasteiger charge is 2.10. The molecule has 1 unspecified atom stereocenters. The molecule has 0 aliphatic carbocycles. The molecule has 0 bridgehead atoms. The van der Waals surface area contributed by atoms with Crippen molar-refractivity contribution in [2.75, 3.05) is 32.2 Å². The summed E-state index contributed by atoms with van der Waals surface area (Å²) in [6, 6.07) is 3.47. The van der Waals surface area contributed by atoms with Gasteiger partial charge in [0.25, 0.3) is 0 Å². The van der Waals surface area contributed by atoms with Gasteiger partial charge >= 0.3 is 0 Å². The van der Waals surface area contributed by atoms with Gasteiger partial charge in [-0.2, -0.15) is 5.26 Å². The SMILES string of the molecule is COCC(O)CN(C)c1nccc(C#N)n1. The number of likely N-dealkylation sites (N-methyl/N-ethyl adjacent to an activating group) is 1. The van der Waals surface area contributed by atoms with Gasteiger partial charge in [-0.25, -0.2) is 9.97 Å². The van der Waals surface area contributed by atoms with Crippen LogP contribution in [0.15, 0.2) is 12.3 Å². The van der Waals surface area contributed by atoms with Gasteiger partial charge in [-0.05, 0) is 6.07 Å². The summed E-state index contributed by atoms with van der Waals surface area (Å²) in [5.74, 6) is 0.411. The molecule has 0 fully saturated rings. The Labute approximate surface area is 94.1 Å². The maximum absolute atomic E-state index is 9.52. The third-order valence-electron chi connectivity index (χ3n) is 1.94. The van der Waals surface area contributed by atoms with Crippen molar-refractivity contribution >= 4 is 5.95 Å². The third kappa shape index (κ3) is 3.46. The Morgan fingerprint density at radius 1 is 1.69 bits per heavy atom. The minimum absolute atomic E-state index is 0.252. The van der Waals surface area contributed by atoms with Gasteiger partial charge in [0.15, 0.2) is 0 Å². The molecule has 16 heavy (non-hydrogen) atoms. The van der Waals surface area contributed by atoms with Gasteiger partial charge in [0.1, 0.15) is 11.8 Å². The van der Waals surface area contributed by atoms with E-state index in [-0.39, 0.29) is 6.61 Å². The van der Waals surface area contributed by atoms with E-state index < -0.39 is 6.10 Å².